The van der Waals surface area contributed by atoms with Crippen molar-refractivity contribution in [2.75, 3.05) is 6.61 Å². The summed E-state index contributed by atoms with van der Waals surface area (Å²) in [5, 5.41) is 10.1. The molecule has 0 heterocycles. The number of benzene rings is 1. The number of aliphatic hydroxyl groups is 1. The van der Waals surface area contributed by atoms with Crippen LogP contribution in [0.4, 0.5) is 0 Å². The van der Waals surface area contributed by atoms with E-state index in [-0.39, 0.29) is 12.2 Å². The Morgan fingerprint density at radius 2 is 2.00 bits per heavy atom. The van der Waals surface area contributed by atoms with Gasteiger partial charge in [0.15, 0.2) is 0 Å². The molecule has 1 aliphatic rings. The number of ether oxygens (including phenoxy) is 2. The van der Waals surface area contributed by atoms with Crippen LogP contribution < -0.4 is 9.47 Å². The van der Waals surface area contributed by atoms with Crippen molar-refractivity contribution in [2.24, 2.45) is 5.92 Å². The molecule has 2 rings (SSSR count). The summed E-state index contributed by atoms with van der Waals surface area (Å²) in [7, 11) is 0. The summed E-state index contributed by atoms with van der Waals surface area (Å²) >= 11 is 0. The number of rotatable bonds is 6. The molecule has 3 atom stereocenters. The van der Waals surface area contributed by atoms with Gasteiger partial charge in [0.05, 0.1) is 12.7 Å². The molecule has 0 bridgehead atoms. The molecular weight excluding hydrogens is 252 g/mol. The maximum Gasteiger partial charge on any atom is 0.125 e. The minimum absolute atomic E-state index is 0.0859. The standard InChI is InChI=1S/C17H26O3/c1-3-6-13-9-10-16(18)17(11-13)20-15-8-5-7-14(12-15)19-4-2/h5,7-8,12-13,16-18H,3-4,6,9-11H2,1-2H3. The first-order valence-electron chi connectivity index (χ1n) is 7.80. The monoisotopic (exact) mass is 278 g/mol. The Balaban J connectivity index is 1.98. The highest BCUT2D eigenvalue weighted by Crippen LogP contribution is 2.31. The van der Waals surface area contributed by atoms with E-state index in [1.54, 1.807) is 0 Å². The highest BCUT2D eigenvalue weighted by Gasteiger charge is 2.30. The SMILES string of the molecule is CCCC1CCC(O)C(Oc2cccc(OCC)c2)C1. The second-order valence-electron chi connectivity index (χ2n) is 5.60. The van der Waals surface area contributed by atoms with Gasteiger partial charge in [-0.25, -0.2) is 0 Å². The lowest BCUT2D eigenvalue weighted by Gasteiger charge is -2.33. The summed E-state index contributed by atoms with van der Waals surface area (Å²) in [5.41, 5.74) is 0. The molecule has 1 aliphatic carbocycles. The molecule has 0 radical (unpaired) electrons. The first-order chi connectivity index (χ1) is 9.72. The van der Waals surface area contributed by atoms with Crippen LogP contribution in [0.25, 0.3) is 0 Å². The molecule has 0 saturated heterocycles. The van der Waals surface area contributed by atoms with Gasteiger partial charge in [0.2, 0.25) is 0 Å². The van der Waals surface area contributed by atoms with Crippen LogP contribution in [0.2, 0.25) is 0 Å². The van der Waals surface area contributed by atoms with E-state index in [1.807, 2.05) is 31.2 Å². The van der Waals surface area contributed by atoms with Gasteiger partial charge in [-0.3, -0.25) is 0 Å². The Bertz CT molecular complexity index is 405. The van der Waals surface area contributed by atoms with Crippen molar-refractivity contribution in [3.8, 4) is 11.5 Å². The Hall–Kier alpha value is -1.22. The van der Waals surface area contributed by atoms with E-state index in [1.165, 1.54) is 12.8 Å². The van der Waals surface area contributed by atoms with Crippen LogP contribution in [0, 0.1) is 5.92 Å². The molecule has 1 N–H and O–H groups in total. The van der Waals surface area contributed by atoms with Gasteiger partial charge in [0.1, 0.15) is 17.6 Å². The summed E-state index contributed by atoms with van der Waals surface area (Å²) in [4.78, 5) is 0. The van der Waals surface area contributed by atoms with Crippen LogP contribution in [0.1, 0.15) is 46.0 Å². The first kappa shape index (κ1) is 15.2. The zero-order valence-electron chi connectivity index (χ0n) is 12.5. The van der Waals surface area contributed by atoms with Crippen LogP contribution in [0.5, 0.6) is 11.5 Å². The fraction of sp³-hybridized carbons (Fsp3) is 0.647. The lowest BCUT2D eigenvalue weighted by molar-refractivity contribution is -0.0118. The lowest BCUT2D eigenvalue weighted by Crippen LogP contribution is -2.38. The fourth-order valence-corrected chi connectivity index (χ4v) is 2.97. The van der Waals surface area contributed by atoms with Crippen molar-refractivity contribution in [1.82, 2.24) is 0 Å². The largest absolute Gasteiger partial charge is 0.494 e. The number of aliphatic hydroxyl groups excluding tert-OH is 1. The van der Waals surface area contributed by atoms with Gasteiger partial charge in [-0.05, 0) is 44.2 Å². The van der Waals surface area contributed by atoms with E-state index in [4.69, 9.17) is 9.47 Å². The van der Waals surface area contributed by atoms with Gasteiger partial charge >= 0.3 is 0 Å². The van der Waals surface area contributed by atoms with E-state index < -0.39 is 0 Å². The van der Waals surface area contributed by atoms with Crippen LogP contribution >= 0.6 is 0 Å². The Kier molecular flexibility index (Phi) is 5.72. The molecular formula is C17H26O3. The van der Waals surface area contributed by atoms with Crippen LogP contribution in [-0.2, 0) is 0 Å². The minimum Gasteiger partial charge on any atom is -0.494 e. The average Bonchev–Trinajstić information content (AvgIpc) is 2.44. The van der Waals surface area contributed by atoms with Crippen molar-refractivity contribution < 1.29 is 14.6 Å². The van der Waals surface area contributed by atoms with E-state index in [0.29, 0.717) is 12.5 Å². The summed E-state index contributed by atoms with van der Waals surface area (Å²) in [6.45, 7) is 4.83. The molecule has 20 heavy (non-hydrogen) atoms. The summed E-state index contributed by atoms with van der Waals surface area (Å²) in [5.74, 6) is 2.29. The molecule has 0 aromatic heterocycles. The minimum atomic E-state index is -0.348. The third-order valence-electron chi connectivity index (χ3n) is 3.97. The Morgan fingerprint density at radius 1 is 1.20 bits per heavy atom. The van der Waals surface area contributed by atoms with Gasteiger partial charge in [-0.1, -0.05) is 25.8 Å². The zero-order chi connectivity index (χ0) is 14.4. The summed E-state index contributed by atoms with van der Waals surface area (Å²) < 4.78 is 11.5. The predicted molar refractivity (Wildman–Crippen MR) is 80.3 cm³/mol. The second kappa shape index (κ2) is 7.53. The molecule has 1 aromatic rings. The molecule has 3 heteroatoms. The fourth-order valence-electron chi connectivity index (χ4n) is 2.97. The lowest BCUT2D eigenvalue weighted by atomic mass is 9.83. The normalized spacial score (nSPS) is 26.2. The maximum atomic E-state index is 10.1. The summed E-state index contributed by atoms with van der Waals surface area (Å²) in [6, 6.07) is 7.69. The van der Waals surface area contributed by atoms with E-state index >= 15 is 0 Å². The highest BCUT2D eigenvalue weighted by molar-refractivity contribution is 5.33. The van der Waals surface area contributed by atoms with E-state index in [0.717, 1.165) is 30.8 Å². The van der Waals surface area contributed by atoms with Gasteiger partial charge < -0.3 is 14.6 Å². The van der Waals surface area contributed by atoms with Crippen molar-refractivity contribution in [3.05, 3.63) is 24.3 Å². The predicted octanol–water partition coefficient (Wildman–Crippen LogP) is 3.79. The highest BCUT2D eigenvalue weighted by atomic mass is 16.5. The van der Waals surface area contributed by atoms with Crippen molar-refractivity contribution in [1.29, 1.82) is 0 Å². The molecule has 3 nitrogen and oxygen atoms in total. The third-order valence-corrected chi connectivity index (χ3v) is 3.97. The van der Waals surface area contributed by atoms with Crippen molar-refractivity contribution in [3.63, 3.8) is 0 Å². The Morgan fingerprint density at radius 3 is 2.75 bits per heavy atom. The average molecular weight is 278 g/mol. The third kappa shape index (κ3) is 4.14. The van der Waals surface area contributed by atoms with Crippen molar-refractivity contribution in [2.45, 2.75) is 58.2 Å². The van der Waals surface area contributed by atoms with Crippen LogP contribution in [-0.4, -0.2) is 23.9 Å². The zero-order valence-corrected chi connectivity index (χ0v) is 12.5. The Labute approximate surface area is 121 Å². The van der Waals surface area contributed by atoms with E-state index in [9.17, 15) is 5.11 Å². The van der Waals surface area contributed by atoms with Crippen LogP contribution in [0.3, 0.4) is 0 Å². The van der Waals surface area contributed by atoms with Gasteiger partial charge in [-0.15, -0.1) is 0 Å². The molecule has 112 valence electrons. The van der Waals surface area contributed by atoms with Crippen molar-refractivity contribution >= 4 is 0 Å². The quantitative estimate of drug-likeness (QED) is 0.860. The molecule has 3 unspecified atom stereocenters. The molecule has 1 fully saturated rings. The second-order valence-corrected chi connectivity index (χ2v) is 5.60. The maximum absolute atomic E-state index is 10.1. The number of hydrogen-bond donors (Lipinski definition) is 1. The topological polar surface area (TPSA) is 38.7 Å². The van der Waals surface area contributed by atoms with Crippen LogP contribution in [0.15, 0.2) is 24.3 Å². The molecule has 0 aliphatic heterocycles. The van der Waals surface area contributed by atoms with Gasteiger partial charge in [0, 0.05) is 6.07 Å². The first-order valence-corrected chi connectivity index (χ1v) is 7.80. The van der Waals surface area contributed by atoms with Gasteiger partial charge in [-0.2, -0.15) is 0 Å². The van der Waals surface area contributed by atoms with E-state index in [2.05, 4.69) is 6.92 Å². The summed E-state index contributed by atoms with van der Waals surface area (Å²) in [6.07, 6.45) is 4.91. The molecule has 0 spiro atoms. The smallest absolute Gasteiger partial charge is 0.125 e. The number of hydrogen-bond acceptors (Lipinski definition) is 3. The van der Waals surface area contributed by atoms with Gasteiger partial charge in [0.25, 0.3) is 0 Å². The molecule has 1 saturated carbocycles. The molecule has 1 aromatic carbocycles. The molecule has 0 amide bonds.